The van der Waals surface area contributed by atoms with Gasteiger partial charge < -0.3 is 10.2 Å². The summed E-state index contributed by atoms with van der Waals surface area (Å²) < 4.78 is 0. The van der Waals surface area contributed by atoms with E-state index in [1.54, 1.807) is 48.5 Å². The molecule has 0 radical (unpaired) electrons. The van der Waals surface area contributed by atoms with Crippen molar-refractivity contribution in [3.8, 4) is 22.3 Å². The summed E-state index contributed by atoms with van der Waals surface area (Å²) in [4.78, 5) is 48.1. The van der Waals surface area contributed by atoms with Gasteiger partial charge in [-0.3, -0.25) is 9.59 Å². The second-order valence-electron chi connectivity index (χ2n) is 7.50. The van der Waals surface area contributed by atoms with Gasteiger partial charge in [0, 0.05) is 16.5 Å². The lowest BCUT2D eigenvalue weighted by molar-refractivity contribution is 0.0686. The first-order chi connectivity index (χ1) is 15.4. The maximum atomic E-state index is 12.6. The SMILES string of the molecule is O=C(O)c1cccc(-c2ccc3c4c(ccc(-c5cccc(C(=O)O)c5)c24)C(=O)C3=O)c1. The minimum atomic E-state index is -1.07. The predicted octanol–water partition coefficient (Wildman–Crippen LogP) is 4.95. The number of hydrogen-bond acceptors (Lipinski definition) is 4. The van der Waals surface area contributed by atoms with Crippen LogP contribution in [0, 0.1) is 0 Å². The van der Waals surface area contributed by atoms with Gasteiger partial charge in [-0.1, -0.05) is 36.4 Å². The summed E-state index contributed by atoms with van der Waals surface area (Å²) in [6, 6.07) is 19.4. The molecule has 0 heterocycles. The molecule has 0 aromatic heterocycles. The third-order valence-electron chi connectivity index (χ3n) is 5.70. The molecule has 4 aromatic carbocycles. The van der Waals surface area contributed by atoms with Crippen molar-refractivity contribution >= 4 is 34.3 Å². The van der Waals surface area contributed by atoms with Gasteiger partial charge >= 0.3 is 11.9 Å². The summed E-state index contributed by atoms with van der Waals surface area (Å²) >= 11 is 0. The molecule has 0 unspecified atom stereocenters. The van der Waals surface area contributed by atoms with E-state index < -0.39 is 23.5 Å². The topological polar surface area (TPSA) is 109 Å². The lowest BCUT2D eigenvalue weighted by atomic mass is 9.88. The molecule has 0 saturated heterocycles. The van der Waals surface area contributed by atoms with E-state index in [0.29, 0.717) is 33.0 Å². The van der Waals surface area contributed by atoms with Crippen molar-refractivity contribution in [1.29, 1.82) is 0 Å². The van der Waals surface area contributed by atoms with Crippen molar-refractivity contribution in [3.63, 3.8) is 0 Å². The van der Waals surface area contributed by atoms with Crippen molar-refractivity contribution in [2.75, 3.05) is 0 Å². The van der Waals surface area contributed by atoms with Crippen LogP contribution >= 0.6 is 0 Å². The van der Waals surface area contributed by atoms with E-state index in [-0.39, 0.29) is 22.3 Å². The standard InChI is InChI=1S/C26H14O6/c27-23-19-9-7-17(13-3-1-5-15(11-13)25(29)30)21-18(8-10-20(22(19)21)24(23)28)14-4-2-6-16(12-14)26(31)32/h1-12H,(H,29,30)(H,31,32). The fraction of sp³-hybridized carbons (Fsp3) is 0. The van der Waals surface area contributed by atoms with E-state index in [0.717, 1.165) is 0 Å². The van der Waals surface area contributed by atoms with Gasteiger partial charge in [0.1, 0.15) is 0 Å². The van der Waals surface area contributed by atoms with E-state index in [9.17, 15) is 29.4 Å². The molecular weight excluding hydrogens is 408 g/mol. The second-order valence-corrected chi connectivity index (χ2v) is 7.50. The highest BCUT2D eigenvalue weighted by molar-refractivity contribution is 6.57. The van der Waals surface area contributed by atoms with Crippen LogP contribution in [0.3, 0.4) is 0 Å². The van der Waals surface area contributed by atoms with Crippen molar-refractivity contribution in [1.82, 2.24) is 0 Å². The Balaban J connectivity index is 1.90. The molecule has 32 heavy (non-hydrogen) atoms. The number of carbonyl (C=O) groups excluding carboxylic acids is 2. The lowest BCUT2D eigenvalue weighted by Gasteiger charge is -2.14. The summed E-state index contributed by atoms with van der Waals surface area (Å²) in [6.45, 7) is 0. The van der Waals surface area contributed by atoms with Crippen LogP contribution in [0.4, 0.5) is 0 Å². The van der Waals surface area contributed by atoms with E-state index in [4.69, 9.17) is 0 Å². The smallest absolute Gasteiger partial charge is 0.335 e. The van der Waals surface area contributed by atoms with Crippen molar-refractivity contribution in [2.45, 2.75) is 0 Å². The lowest BCUT2D eigenvalue weighted by Crippen LogP contribution is -2.05. The Hall–Kier alpha value is -4.58. The summed E-state index contributed by atoms with van der Waals surface area (Å²) in [6.07, 6.45) is 0. The molecule has 154 valence electrons. The minimum Gasteiger partial charge on any atom is -0.478 e. The molecule has 4 aromatic rings. The Bertz CT molecular complexity index is 1400. The van der Waals surface area contributed by atoms with Gasteiger partial charge in [0.2, 0.25) is 11.6 Å². The van der Waals surface area contributed by atoms with Gasteiger partial charge in [-0.05, 0) is 64.0 Å². The van der Waals surface area contributed by atoms with E-state index in [1.165, 1.54) is 24.3 Å². The number of hydrogen-bond donors (Lipinski definition) is 2. The number of carbonyl (C=O) groups is 4. The normalized spacial score (nSPS) is 12.4. The third kappa shape index (κ3) is 2.81. The summed E-state index contributed by atoms with van der Waals surface area (Å²) in [5.74, 6) is -3.32. The molecule has 2 N–H and O–H groups in total. The van der Waals surface area contributed by atoms with Crippen LogP contribution in [0.15, 0.2) is 72.8 Å². The molecule has 6 heteroatoms. The molecule has 6 nitrogen and oxygen atoms in total. The summed E-state index contributed by atoms with van der Waals surface area (Å²) in [7, 11) is 0. The number of aromatic carboxylic acids is 2. The third-order valence-corrected chi connectivity index (χ3v) is 5.70. The predicted molar refractivity (Wildman–Crippen MR) is 117 cm³/mol. The molecule has 0 spiro atoms. The number of carboxylic acid groups (broad SMARTS) is 2. The highest BCUT2D eigenvalue weighted by atomic mass is 16.4. The first-order valence-corrected chi connectivity index (χ1v) is 9.73. The van der Waals surface area contributed by atoms with Crippen LogP contribution in [0.5, 0.6) is 0 Å². The molecule has 0 atom stereocenters. The van der Waals surface area contributed by atoms with Gasteiger partial charge in [-0.2, -0.15) is 0 Å². The van der Waals surface area contributed by atoms with Gasteiger partial charge in [0.25, 0.3) is 0 Å². The zero-order chi connectivity index (χ0) is 22.6. The highest BCUT2D eigenvalue weighted by Crippen LogP contribution is 2.42. The Labute approximate surface area is 181 Å². The van der Waals surface area contributed by atoms with Crippen LogP contribution in [0.1, 0.15) is 41.4 Å². The average molecular weight is 422 g/mol. The minimum absolute atomic E-state index is 0.104. The molecule has 1 aliphatic rings. The van der Waals surface area contributed by atoms with Gasteiger partial charge in [0.15, 0.2) is 0 Å². The summed E-state index contributed by atoms with van der Waals surface area (Å²) in [5, 5.41) is 19.9. The molecule has 0 saturated carbocycles. The highest BCUT2D eigenvalue weighted by Gasteiger charge is 2.32. The van der Waals surface area contributed by atoms with Crippen molar-refractivity contribution < 1.29 is 29.4 Å². The number of carboxylic acids is 2. The van der Waals surface area contributed by atoms with Crippen LogP contribution in [-0.2, 0) is 0 Å². The van der Waals surface area contributed by atoms with Crippen LogP contribution in [0.25, 0.3) is 33.0 Å². The zero-order valence-electron chi connectivity index (χ0n) is 16.5. The fourth-order valence-corrected chi connectivity index (χ4v) is 4.24. The van der Waals surface area contributed by atoms with Gasteiger partial charge in [-0.15, -0.1) is 0 Å². The summed E-state index contributed by atoms with van der Waals surface area (Å²) in [5.41, 5.74) is 3.29. The molecule has 0 fully saturated rings. The van der Waals surface area contributed by atoms with E-state index in [2.05, 4.69) is 0 Å². The van der Waals surface area contributed by atoms with Crippen molar-refractivity contribution in [3.05, 3.63) is 95.1 Å². The Morgan fingerprint density at radius 1 is 0.531 bits per heavy atom. The first kappa shape index (κ1) is 19.4. The molecule has 1 aliphatic carbocycles. The largest absolute Gasteiger partial charge is 0.478 e. The number of Topliss-reactive ketones (excluding diaryl/α,β-unsaturated/α-hetero) is 2. The molecule has 0 bridgehead atoms. The van der Waals surface area contributed by atoms with E-state index >= 15 is 0 Å². The molecular formula is C26H14O6. The Morgan fingerprint density at radius 2 is 0.906 bits per heavy atom. The number of ketones is 2. The average Bonchev–Trinajstić information content (AvgIpc) is 3.05. The van der Waals surface area contributed by atoms with Crippen molar-refractivity contribution in [2.24, 2.45) is 0 Å². The van der Waals surface area contributed by atoms with Gasteiger partial charge in [0.05, 0.1) is 11.1 Å². The molecule has 0 aliphatic heterocycles. The number of benzene rings is 4. The molecule has 0 amide bonds. The maximum absolute atomic E-state index is 12.6. The second kappa shape index (κ2) is 6.99. The van der Waals surface area contributed by atoms with Gasteiger partial charge in [-0.25, -0.2) is 9.59 Å². The van der Waals surface area contributed by atoms with E-state index in [1.807, 2.05) is 0 Å². The molecule has 5 rings (SSSR count). The zero-order valence-corrected chi connectivity index (χ0v) is 16.5. The quantitative estimate of drug-likeness (QED) is 0.451. The fourth-order valence-electron chi connectivity index (χ4n) is 4.24. The number of rotatable bonds is 4. The Morgan fingerprint density at radius 3 is 1.31 bits per heavy atom. The van der Waals surface area contributed by atoms with Crippen LogP contribution in [-0.4, -0.2) is 33.7 Å². The Kier molecular flexibility index (Phi) is 4.23. The van der Waals surface area contributed by atoms with Crippen LogP contribution < -0.4 is 0 Å². The van der Waals surface area contributed by atoms with Crippen LogP contribution in [0.2, 0.25) is 0 Å². The first-order valence-electron chi connectivity index (χ1n) is 9.73. The monoisotopic (exact) mass is 422 g/mol. The maximum Gasteiger partial charge on any atom is 0.335 e.